The van der Waals surface area contributed by atoms with Gasteiger partial charge in [0.15, 0.2) is 11.5 Å². The second kappa shape index (κ2) is 8.48. The molecule has 1 aliphatic carbocycles. The second-order valence-corrected chi connectivity index (χ2v) is 7.70. The number of nitrogens with one attached hydrogen (secondary N) is 1. The first-order valence-corrected chi connectivity index (χ1v) is 9.58. The fourth-order valence-electron chi connectivity index (χ4n) is 4.38. The van der Waals surface area contributed by atoms with Gasteiger partial charge in [-0.25, -0.2) is 0 Å². The van der Waals surface area contributed by atoms with Crippen molar-refractivity contribution in [2.24, 2.45) is 5.41 Å². The van der Waals surface area contributed by atoms with Crippen LogP contribution in [0.1, 0.15) is 38.5 Å². The van der Waals surface area contributed by atoms with Gasteiger partial charge in [0, 0.05) is 32.5 Å². The Bertz CT molecular complexity index is 670. The monoisotopic (exact) mass is 394 g/mol. The lowest BCUT2D eigenvalue weighted by molar-refractivity contribution is -0.153. The smallest absolute Gasteiger partial charge is 0.229 e. The number of imide groups is 1. The van der Waals surface area contributed by atoms with Crippen LogP contribution in [-0.4, -0.2) is 49.1 Å². The summed E-state index contributed by atoms with van der Waals surface area (Å²) in [6.45, 7) is 2.12. The number of carbonyl (C=O) groups excluding carboxylic acids is 2. The molecule has 1 aromatic carbocycles. The predicted octanol–water partition coefficient (Wildman–Crippen LogP) is 2.55. The topological polar surface area (TPSA) is 67.9 Å². The van der Waals surface area contributed by atoms with E-state index in [4.69, 9.17) is 9.47 Å². The number of halogens is 1. The standard InChI is InChI=1S/C20H26N2O4.ClH/c23-18-11-20(7-3-4-8-20)12-19(24)22(18)10-9-21-13-15-14-25-16-5-1-2-6-17(16)26-15;/h1-2,5-6,15,21H,3-4,7-14H2;1H. The first-order chi connectivity index (χ1) is 12.7. The zero-order valence-electron chi connectivity index (χ0n) is 15.4. The van der Waals surface area contributed by atoms with Crippen LogP contribution in [0.3, 0.4) is 0 Å². The number of para-hydroxylation sites is 2. The molecule has 2 amide bonds. The number of ether oxygens (including phenoxy) is 2. The summed E-state index contributed by atoms with van der Waals surface area (Å²) in [5.74, 6) is 1.52. The molecule has 148 valence electrons. The zero-order chi connectivity index (χ0) is 18.0. The van der Waals surface area contributed by atoms with Crippen molar-refractivity contribution in [2.45, 2.75) is 44.6 Å². The van der Waals surface area contributed by atoms with Crippen molar-refractivity contribution in [1.82, 2.24) is 10.2 Å². The van der Waals surface area contributed by atoms with Crippen LogP contribution in [0.2, 0.25) is 0 Å². The van der Waals surface area contributed by atoms with E-state index in [0.29, 0.717) is 39.1 Å². The maximum atomic E-state index is 12.4. The SMILES string of the molecule is Cl.O=C1CC2(CCCC2)CC(=O)N1CCNCC1COc2ccccc2O1. The molecule has 1 saturated carbocycles. The lowest BCUT2D eigenvalue weighted by Gasteiger charge is -2.37. The summed E-state index contributed by atoms with van der Waals surface area (Å²) >= 11 is 0. The van der Waals surface area contributed by atoms with Crippen molar-refractivity contribution < 1.29 is 19.1 Å². The third kappa shape index (κ3) is 4.38. The Labute approximate surface area is 166 Å². The minimum atomic E-state index is -0.0700. The van der Waals surface area contributed by atoms with Crippen LogP contribution < -0.4 is 14.8 Å². The van der Waals surface area contributed by atoms with Crippen LogP contribution in [-0.2, 0) is 9.59 Å². The molecule has 0 bridgehead atoms. The van der Waals surface area contributed by atoms with Crippen LogP contribution >= 0.6 is 12.4 Å². The lowest BCUT2D eigenvalue weighted by atomic mass is 9.76. The van der Waals surface area contributed by atoms with Crippen molar-refractivity contribution in [3.8, 4) is 11.5 Å². The Hall–Kier alpha value is -1.79. The molecular weight excluding hydrogens is 368 g/mol. The van der Waals surface area contributed by atoms with E-state index in [1.165, 1.54) is 4.90 Å². The maximum Gasteiger partial charge on any atom is 0.229 e. The van der Waals surface area contributed by atoms with Crippen molar-refractivity contribution in [1.29, 1.82) is 0 Å². The molecule has 1 unspecified atom stereocenters. The fourth-order valence-corrected chi connectivity index (χ4v) is 4.38. The number of amides is 2. The Morgan fingerprint density at radius 3 is 2.44 bits per heavy atom. The second-order valence-electron chi connectivity index (χ2n) is 7.70. The van der Waals surface area contributed by atoms with Crippen molar-refractivity contribution >= 4 is 24.2 Å². The number of nitrogens with zero attached hydrogens (tertiary/aromatic N) is 1. The van der Waals surface area contributed by atoms with E-state index in [-0.39, 0.29) is 35.7 Å². The number of likely N-dealkylation sites (tertiary alicyclic amines) is 1. The number of piperidine rings is 1. The largest absolute Gasteiger partial charge is 0.486 e. The predicted molar refractivity (Wildman–Crippen MR) is 103 cm³/mol. The lowest BCUT2D eigenvalue weighted by Crippen LogP contribution is -2.50. The molecule has 1 aromatic rings. The van der Waals surface area contributed by atoms with E-state index in [2.05, 4.69) is 5.32 Å². The van der Waals surface area contributed by atoms with E-state index in [0.717, 1.165) is 37.2 Å². The molecule has 3 aliphatic rings. The first kappa shape index (κ1) is 20.0. The van der Waals surface area contributed by atoms with Crippen LogP contribution in [0.15, 0.2) is 24.3 Å². The third-order valence-corrected chi connectivity index (χ3v) is 5.77. The number of hydrogen-bond donors (Lipinski definition) is 1. The Morgan fingerprint density at radius 2 is 1.74 bits per heavy atom. The summed E-state index contributed by atoms with van der Waals surface area (Å²) in [4.78, 5) is 26.3. The number of fused-ring (bicyclic) bond motifs is 1. The minimum absolute atomic E-state index is 0. The minimum Gasteiger partial charge on any atom is -0.486 e. The van der Waals surface area contributed by atoms with Gasteiger partial charge in [0.2, 0.25) is 11.8 Å². The van der Waals surface area contributed by atoms with E-state index in [1.807, 2.05) is 24.3 Å². The summed E-state index contributed by atoms with van der Waals surface area (Å²) in [7, 11) is 0. The number of benzene rings is 1. The van der Waals surface area contributed by atoms with Gasteiger partial charge >= 0.3 is 0 Å². The normalized spacial score (nSPS) is 23.4. The van der Waals surface area contributed by atoms with Gasteiger partial charge in [-0.2, -0.15) is 0 Å². The van der Waals surface area contributed by atoms with Gasteiger partial charge in [-0.1, -0.05) is 25.0 Å². The van der Waals surface area contributed by atoms with Crippen molar-refractivity contribution in [3.05, 3.63) is 24.3 Å². The number of carbonyl (C=O) groups is 2. The van der Waals surface area contributed by atoms with Crippen LogP contribution in [0.25, 0.3) is 0 Å². The van der Waals surface area contributed by atoms with E-state index < -0.39 is 0 Å². The first-order valence-electron chi connectivity index (χ1n) is 9.58. The van der Waals surface area contributed by atoms with Gasteiger partial charge in [-0.15, -0.1) is 12.4 Å². The molecule has 7 heteroatoms. The van der Waals surface area contributed by atoms with Gasteiger partial charge in [0.05, 0.1) is 0 Å². The molecule has 2 fully saturated rings. The van der Waals surface area contributed by atoms with Gasteiger partial charge < -0.3 is 14.8 Å². The quantitative estimate of drug-likeness (QED) is 0.614. The molecular formula is C20H27ClN2O4. The average molecular weight is 395 g/mol. The van der Waals surface area contributed by atoms with E-state index in [1.54, 1.807) is 0 Å². The average Bonchev–Trinajstić information content (AvgIpc) is 3.07. The molecule has 6 nitrogen and oxygen atoms in total. The molecule has 1 atom stereocenters. The van der Waals surface area contributed by atoms with Gasteiger partial charge in [0.1, 0.15) is 12.7 Å². The van der Waals surface area contributed by atoms with Crippen molar-refractivity contribution in [3.63, 3.8) is 0 Å². The summed E-state index contributed by atoms with van der Waals surface area (Å²) in [5, 5.41) is 3.28. The van der Waals surface area contributed by atoms with E-state index in [9.17, 15) is 9.59 Å². The van der Waals surface area contributed by atoms with Crippen molar-refractivity contribution in [2.75, 3.05) is 26.2 Å². The highest BCUT2D eigenvalue weighted by Crippen LogP contribution is 2.46. The molecule has 1 saturated heterocycles. The Morgan fingerprint density at radius 1 is 1.07 bits per heavy atom. The zero-order valence-corrected chi connectivity index (χ0v) is 16.3. The highest BCUT2D eigenvalue weighted by atomic mass is 35.5. The summed E-state index contributed by atoms with van der Waals surface area (Å²) < 4.78 is 11.6. The molecule has 27 heavy (non-hydrogen) atoms. The molecule has 2 heterocycles. The molecule has 2 aliphatic heterocycles. The number of rotatable bonds is 5. The Balaban J connectivity index is 0.00000210. The van der Waals surface area contributed by atoms with Gasteiger partial charge in [-0.3, -0.25) is 14.5 Å². The van der Waals surface area contributed by atoms with E-state index >= 15 is 0 Å². The molecule has 0 radical (unpaired) electrons. The van der Waals surface area contributed by atoms with Crippen LogP contribution in [0.4, 0.5) is 0 Å². The molecule has 1 spiro atoms. The highest BCUT2D eigenvalue weighted by molar-refractivity contribution is 5.98. The summed E-state index contributed by atoms with van der Waals surface area (Å²) in [6, 6.07) is 7.63. The molecule has 4 rings (SSSR count). The summed E-state index contributed by atoms with van der Waals surface area (Å²) in [6.07, 6.45) is 5.35. The summed E-state index contributed by atoms with van der Waals surface area (Å²) in [5.41, 5.74) is -0.0290. The fraction of sp³-hybridized carbons (Fsp3) is 0.600. The maximum absolute atomic E-state index is 12.4. The molecule has 0 aromatic heterocycles. The highest BCUT2D eigenvalue weighted by Gasteiger charge is 2.44. The number of hydrogen-bond acceptors (Lipinski definition) is 5. The van der Waals surface area contributed by atoms with Gasteiger partial charge in [-0.05, 0) is 30.4 Å². The molecule has 1 N–H and O–H groups in total. The third-order valence-electron chi connectivity index (χ3n) is 5.77. The van der Waals surface area contributed by atoms with Gasteiger partial charge in [0.25, 0.3) is 0 Å². The Kier molecular flexibility index (Phi) is 6.27. The van der Waals surface area contributed by atoms with Crippen LogP contribution in [0.5, 0.6) is 11.5 Å². The van der Waals surface area contributed by atoms with Crippen LogP contribution in [0, 0.1) is 5.41 Å².